The number of carbonyl (C=O) groups excluding carboxylic acids is 2. The predicted octanol–water partition coefficient (Wildman–Crippen LogP) is 6.37. The van der Waals surface area contributed by atoms with Gasteiger partial charge in [-0.1, -0.05) is 78.4 Å². The van der Waals surface area contributed by atoms with Gasteiger partial charge < -0.3 is 10.6 Å². The van der Waals surface area contributed by atoms with Crippen molar-refractivity contribution in [1.29, 1.82) is 0 Å². The van der Waals surface area contributed by atoms with Gasteiger partial charge in [0, 0.05) is 23.9 Å². The van der Waals surface area contributed by atoms with Gasteiger partial charge in [-0.3, -0.25) is 9.59 Å². The van der Waals surface area contributed by atoms with Gasteiger partial charge in [0.25, 0.3) is 11.8 Å². The van der Waals surface area contributed by atoms with Crippen LogP contribution in [0.5, 0.6) is 0 Å². The van der Waals surface area contributed by atoms with Crippen LogP contribution in [-0.2, 0) is 6.42 Å². The van der Waals surface area contributed by atoms with Crippen molar-refractivity contribution in [1.82, 2.24) is 5.32 Å². The maximum Gasteiger partial charge on any atom is 0.255 e. The van der Waals surface area contributed by atoms with Gasteiger partial charge in [-0.25, -0.2) is 0 Å². The SMILES string of the molecule is CNC(=O)c1ccc(/C=C/c2ccc(C(=O)Nc3ccc(Cc4ccc(C)cc4)cc3)cc2)cc1. The minimum Gasteiger partial charge on any atom is -0.355 e. The molecule has 174 valence electrons. The number of rotatable bonds is 7. The first-order chi connectivity index (χ1) is 17.0. The molecular formula is C31H28N2O2. The molecule has 4 rings (SSSR count). The molecular weight excluding hydrogens is 432 g/mol. The Kier molecular flexibility index (Phi) is 7.53. The van der Waals surface area contributed by atoms with Crippen LogP contribution in [0, 0.1) is 6.92 Å². The van der Waals surface area contributed by atoms with Crippen LogP contribution in [0.25, 0.3) is 12.2 Å². The molecule has 4 aromatic rings. The van der Waals surface area contributed by atoms with E-state index in [0.29, 0.717) is 11.1 Å². The largest absolute Gasteiger partial charge is 0.355 e. The standard InChI is InChI=1S/C31H28N2O2/c1-22-3-5-25(6-4-22)21-26-13-19-29(20-14-26)33-31(35)28-17-11-24(12-18-28)8-7-23-9-15-27(16-10-23)30(34)32-2/h3-20H,21H2,1-2H3,(H,32,34)(H,33,35)/b8-7+. The third kappa shape index (κ3) is 6.55. The molecule has 35 heavy (non-hydrogen) atoms. The number of amides is 2. The number of hydrogen-bond donors (Lipinski definition) is 2. The van der Waals surface area contributed by atoms with Gasteiger partial charge in [0.15, 0.2) is 0 Å². The average molecular weight is 461 g/mol. The Morgan fingerprint density at radius 1 is 0.629 bits per heavy atom. The van der Waals surface area contributed by atoms with Crippen LogP contribution in [0.4, 0.5) is 5.69 Å². The van der Waals surface area contributed by atoms with Gasteiger partial charge in [-0.05, 0) is 72.0 Å². The highest BCUT2D eigenvalue weighted by Crippen LogP contribution is 2.16. The van der Waals surface area contributed by atoms with E-state index in [2.05, 4.69) is 41.8 Å². The summed E-state index contributed by atoms with van der Waals surface area (Å²) in [7, 11) is 1.61. The van der Waals surface area contributed by atoms with Crippen LogP contribution >= 0.6 is 0 Å². The van der Waals surface area contributed by atoms with E-state index in [1.165, 1.54) is 16.7 Å². The smallest absolute Gasteiger partial charge is 0.255 e. The van der Waals surface area contributed by atoms with Gasteiger partial charge in [-0.2, -0.15) is 0 Å². The highest BCUT2D eigenvalue weighted by atomic mass is 16.2. The van der Waals surface area contributed by atoms with Crippen LogP contribution in [0.2, 0.25) is 0 Å². The Bertz CT molecular complexity index is 1320. The second-order valence-corrected chi connectivity index (χ2v) is 8.47. The fourth-order valence-electron chi connectivity index (χ4n) is 3.68. The number of anilines is 1. The normalized spacial score (nSPS) is 10.8. The lowest BCUT2D eigenvalue weighted by atomic mass is 10.0. The minimum absolute atomic E-state index is 0.104. The Balaban J connectivity index is 1.33. The molecule has 0 unspecified atom stereocenters. The molecule has 0 aliphatic heterocycles. The topological polar surface area (TPSA) is 58.2 Å². The van der Waals surface area contributed by atoms with Crippen molar-refractivity contribution in [3.05, 3.63) is 136 Å². The van der Waals surface area contributed by atoms with Gasteiger partial charge >= 0.3 is 0 Å². The number of benzene rings is 4. The zero-order valence-electron chi connectivity index (χ0n) is 19.9. The molecule has 0 heterocycles. The van der Waals surface area contributed by atoms with Gasteiger partial charge in [0.2, 0.25) is 0 Å². The first-order valence-electron chi connectivity index (χ1n) is 11.6. The Labute approximate surface area is 206 Å². The van der Waals surface area contributed by atoms with Crippen molar-refractivity contribution in [3.63, 3.8) is 0 Å². The van der Waals surface area contributed by atoms with Gasteiger partial charge in [0.1, 0.15) is 0 Å². The lowest BCUT2D eigenvalue weighted by Gasteiger charge is -2.08. The summed E-state index contributed by atoms with van der Waals surface area (Å²) in [6, 6.07) is 31.3. The van der Waals surface area contributed by atoms with E-state index in [0.717, 1.165) is 23.2 Å². The van der Waals surface area contributed by atoms with E-state index < -0.39 is 0 Å². The number of carbonyl (C=O) groups is 2. The summed E-state index contributed by atoms with van der Waals surface area (Å²) in [4.78, 5) is 24.3. The molecule has 0 fully saturated rings. The molecule has 4 heteroatoms. The van der Waals surface area contributed by atoms with Crippen molar-refractivity contribution >= 4 is 29.7 Å². The summed E-state index contributed by atoms with van der Waals surface area (Å²) in [6.07, 6.45) is 4.81. The molecule has 4 aromatic carbocycles. The molecule has 4 nitrogen and oxygen atoms in total. The zero-order chi connectivity index (χ0) is 24.6. The van der Waals surface area contributed by atoms with Crippen molar-refractivity contribution in [2.45, 2.75) is 13.3 Å². The first-order valence-corrected chi connectivity index (χ1v) is 11.6. The van der Waals surface area contributed by atoms with E-state index >= 15 is 0 Å². The molecule has 2 N–H and O–H groups in total. The van der Waals surface area contributed by atoms with Crippen LogP contribution in [-0.4, -0.2) is 18.9 Å². The highest BCUT2D eigenvalue weighted by molar-refractivity contribution is 6.04. The predicted molar refractivity (Wildman–Crippen MR) is 144 cm³/mol. The number of aryl methyl sites for hydroxylation is 1. The summed E-state index contributed by atoms with van der Waals surface area (Å²) in [5.41, 5.74) is 7.69. The Morgan fingerprint density at radius 3 is 1.57 bits per heavy atom. The van der Waals surface area contributed by atoms with Crippen molar-refractivity contribution < 1.29 is 9.59 Å². The first kappa shape index (κ1) is 23.7. The molecule has 0 spiro atoms. The van der Waals surface area contributed by atoms with Crippen LogP contribution < -0.4 is 10.6 Å². The van der Waals surface area contributed by atoms with Crippen molar-refractivity contribution in [2.24, 2.45) is 0 Å². The maximum atomic E-state index is 12.7. The fraction of sp³-hybridized carbons (Fsp3) is 0.0968. The molecule has 0 atom stereocenters. The highest BCUT2D eigenvalue weighted by Gasteiger charge is 2.06. The molecule has 0 bridgehead atoms. The maximum absolute atomic E-state index is 12.7. The Morgan fingerprint density at radius 2 is 1.09 bits per heavy atom. The summed E-state index contributed by atoms with van der Waals surface area (Å²) in [6.45, 7) is 2.09. The lowest BCUT2D eigenvalue weighted by Crippen LogP contribution is -2.17. The second-order valence-electron chi connectivity index (χ2n) is 8.47. The summed E-state index contributed by atoms with van der Waals surface area (Å²) in [5.74, 6) is -0.246. The summed E-state index contributed by atoms with van der Waals surface area (Å²) in [5, 5.41) is 5.57. The fourth-order valence-corrected chi connectivity index (χ4v) is 3.68. The van der Waals surface area contributed by atoms with Crippen LogP contribution in [0.1, 0.15) is 48.5 Å². The molecule has 0 aromatic heterocycles. The number of hydrogen-bond acceptors (Lipinski definition) is 2. The molecule has 0 radical (unpaired) electrons. The Hall–Kier alpha value is -4.44. The monoisotopic (exact) mass is 460 g/mol. The third-order valence-corrected chi connectivity index (χ3v) is 5.78. The van der Waals surface area contributed by atoms with E-state index in [4.69, 9.17) is 0 Å². The summed E-state index contributed by atoms with van der Waals surface area (Å²) >= 11 is 0. The van der Waals surface area contributed by atoms with Gasteiger partial charge in [0.05, 0.1) is 0 Å². The van der Waals surface area contributed by atoms with E-state index in [1.807, 2.05) is 72.8 Å². The third-order valence-electron chi connectivity index (χ3n) is 5.78. The molecule has 0 saturated carbocycles. The molecule has 2 amide bonds. The lowest BCUT2D eigenvalue weighted by molar-refractivity contribution is 0.0962. The van der Waals surface area contributed by atoms with E-state index in [9.17, 15) is 9.59 Å². The quantitative estimate of drug-likeness (QED) is 0.315. The zero-order valence-corrected chi connectivity index (χ0v) is 19.9. The van der Waals surface area contributed by atoms with Crippen LogP contribution in [0.3, 0.4) is 0 Å². The van der Waals surface area contributed by atoms with Crippen molar-refractivity contribution in [2.75, 3.05) is 12.4 Å². The van der Waals surface area contributed by atoms with Crippen molar-refractivity contribution in [3.8, 4) is 0 Å². The van der Waals surface area contributed by atoms with Gasteiger partial charge in [-0.15, -0.1) is 0 Å². The minimum atomic E-state index is -0.142. The molecule has 0 saturated heterocycles. The molecule has 0 aliphatic rings. The van der Waals surface area contributed by atoms with E-state index in [1.54, 1.807) is 19.2 Å². The molecule has 0 aliphatic carbocycles. The van der Waals surface area contributed by atoms with E-state index in [-0.39, 0.29) is 11.8 Å². The average Bonchev–Trinajstić information content (AvgIpc) is 2.90. The summed E-state index contributed by atoms with van der Waals surface area (Å²) < 4.78 is 0. The second kappa shape index (κ2) is 11.1. The number of nitrogens with one attached hydrogen (secondary N) is 2. The van der Waals surface area contributed by atoms with Crippen LogP contribution in [0.15, 0.2) is 97.1 Å².